The first-order chi connectivity index (χ1) is 9.16. The van der Waals surface area contributed by atoms with Crippen LogP contribution in [0.25, 0.3) is 0 Å². The Kier molecular flexibility index (Phi) is 5.61. The van der Waals surface area contributed by atoms with Gasteiger partial charge in [-0.05, 0) is 30.4 Å². The van der Waals surface area contributed by atoms with Crippen LogP contribution in [0.1, 0.15) is 38.3 Å². The van der Waals surface area contributed by atoms with Gasteiger partial charge in [0.25, 0.3) is 0 Å². The largest absolute Gasteiger partial charge is 0.314 e. The lowest BCUT2D eigenvalue weighted by atomic mass is 9.97. The van der Waals surface area contributed by atoms with E-state index in [0.717, 1.165) is 32.1 Å². The Morgan fingerprint density at radius 2 is 2.00 bits per heavy atom. The summed E-state index contributed by atoms with van der Waals surface area (Å²) in [6.07, 6.45) is 4.38. The molecule has 1 N–H and O–H groups in total. The number of rotatable bonds is 5. The predicted octanol–water partition coefficient (Wildman–Crippen LogP) is 3.12. The van der Waals surface area contributed by atoms with Gasteiger partial charge in [0.15, 0.2) is 0 Å². The van der Waals surface area contributed by atoms with Gasteiger partial charge in [-0.2, -0.15) is 0 Å². The molecule has 0 aromatic carbocycles. The van der Waals surface area contributed by atoms with Crippen LogP contribution in [0.4, 0.5) is 0 Å². The second-order valence-electron chi connectivity index (χ2n) is 5.69. The van der Waals surface area contributed by atoms with Gasteiger partial charge in [0, 0.05) is 38.4 Å². The maximum atomic E-state index is 5.89. The van der Waals surface area contributed by atoms with Crippen molar-refractivity contribution in [1.29, 1.82) is 0 Å². The van der Waals surface area contributed by atoms with E-state index in [9.17, 15) is 0 Å². The number of piperazine rings is 1. The summed E-state index contributed by atoms with van der Waals surface area (Å²) in [5.74, 6) is 0.741. The van der Waals surface area contributed by atoms with Crippen molar-refractivity contribution in [3.05, 3.63) is 29.0 Å². The molecular formula is C15H24ClN3. The molecule has 0 spiro atoms. The van der Waals surface area contributed by atoms with Gasteiger partial charge < -0.3 is 5.32 Å². The second kappa shape index (κ2) is 7.22. The van der Waals surface area contributed by atoms with Crippen LogP contribution >= 0.6 is 11.6 Å². The molecule has 0 amide bonds. The molecule has 1 saturated heterocycles. The van der Waals surface area contributed by atoms with Gasteiger partial charge in [-0.25, -0.2) is 4.98 Å². The molecule has 0 aliphatic carbocycles. The highest BCUT2D eigenvalue weighted by atomic mass is 35.5. The maximum Gasteiger partial charge on any atom is 0.129 e. The number of nitrogens with zero attached hydrogens (tertiary/aromatic N) is 2. The minimum Gasteiger partial charge on any atom is -0.314 e. The summed E-state index contributed by atoms with van der Waals surface area (Å²) in [7, 11) is 0. The van der Waals surface area contributed by atoms with Crippen LogP contribution in [-0.2, 0) is 0 Å². The minimum absolute atomic E-state index is 0.481. The van der Waals surface area contributed by atoms with Gasteiger partial charge in [-0.3, -0.25) is 4.90 Å². The molecule has 1 aromatic heterocycles. The van der Waals surface area contributed by atoms with E-state index in [-0.39, 0.29) is 0 Å². The van der Waals surface area contributed by atoms with Crippen molar-refractivity contribution in [2.45, 2.75) is 32.7 Å². The monoisotopic (exact) mass is 281 g/mol. The van der Waals surface area contributed by atoms with E-state index in [0.29, 0.717) is 11.2 Å². The number of hydrogen-bond acceptors (Lipinski definition) is 3. The highest BCUT2D eigenvalue weighted by molar-refractivity contribution is 6.29. The summed E-state index contributed by atoms with van der Waals surface area (Å²) in [4.78, 5) is 6.82. The van der Waals surface area contributed by atoms with Crippen LogP contribution in [0.2, 0.25) is 5.15 Å². The first-order valence-electron chi connectivity index (χ1n) is 7.23. The van der Waals surface area contributed by atoms with Crippen molar-refractivity contribution in [2.24, 2.45) is 5.92 Å². The summed E-state index contributed by atoms with van der Waals surface area (Å²) in [6.45, 7) is 8.97. The quantitative estimate of drug-likeness (QED) is 0.841. The van der Waals surface area contributed by atoms with Gasteiger partial charge in [-0.1, -0.05) is 31.5 Å². The third-order valence-corrected chi connectivity index (χ3v) is 3.97. The van der Waals surface area contributed by atoms with E-state index < -0.39 is 0 Å². The zero-order valence-electron chi connectivity index (χ0n) is 11.9. The van der Waals surface area contributed by atoms with E-state index in [4.69, 9.17) is 11.6 Å². The topological polar surface area (TPSA) is 28.2 Å². The van der Waals surface area contributed by atoms with Crippen molar-refractivity contribution in [1.82, 2.24) is 15.2 Å². The lowest BCUT2D eigenvalue weighted by Gasteiger charge is -2.35. The summed E-state index contributed by atoms with van der Waals surface area (Å²) >= 11 is 5.89. The Bertz CT molecular complexity index is 371. The second-order valence-corrected chi connectivity index (χ2v) is 6.07. The number of aromatic nitrogens is 1. The Morgan fingerprint density at radius 3 is 2.58 bits per heavy atom. The van der Waals surface area contributed by atoms with Gasteiger partial charge in [0.05, 0.1) is 0 Å². The highest BCUT2D eigenvalue weighted by Gasteiger charge is 2.22. The molecule has 1 atom stereocenters. The fourth-order valence-corrected chi connectivity index (χ4v) is 2.74. The highest BCUT2D eigenvalue weighted by Crippen LogP contribution is 2.27. The van der Waals surface area contributed by atoms with E-state index in [1.165, 1.54) is 18.4 Å². The van der Waals surface area contributed by atoms with Crippen molar-refractivity contribution in [3.8, 4) is 0 Å². The first kappa shape index (κ1) is 14.8. The molecular weight excluding hydrogens is 258 g/mol. The van der Waals surface area contributed by atoms with Gasteiger partial charge in [0.2, 0.25) is 0 Å². The molecule has 2 heterocycles. The SMILES string of the molecule is CC(C)CC[C@@H](c1ccc(Cl)nc1)N1CCNCC1. The van der Waals surface area contributed by atoms with Crippen molar-refractivity contribution in [2.75, 3.05) is 26.2 Å². The summed E-state index contributed by atoms with van der Waals surface area (Å²) in [6, 6.07) is 4.51. The van der Waals surface area contributed by atoms with E-state index >= 15 is 0 Å². The lowest BCUT2D eigenvalue weighted by Crippen LogP contribution is -2.45. The summed E-state index contributed by atoms with van der Waals surface area (Å²) in [5, 5.41) is 3.99. The van der Waals surface area contributed by atoms with Crippen LogP contribution in [-0.4, -0.2) is 36.1 Å². The smallest absolute Gasteiger partial charge is 0.129 e. The molecule has 0 radical (unpaired) electrons. The van der Waals surface area contributed by atoms with E-state index in [1.807, 2.05) is 12.3 Å². The number of nitrogens with one attached hydrogen (secondary N) is 1. The predicted molar refractivity (Wildman–Crippen MR) is 80.5 cm³/mol. The Hall–Kier alpha value is -0.640. The Labute approximate surface area is 121 Å². The number of hydrogen-bond donors (Lipinski definition) is 1. The molecule has 4 heteroatoms. The molecule has 1 aliphatic rings. The zero-order valence-corrected chi connectivity index (χ0v) is 12.7. The number of halogens is 1. The standard InChI is InChI=1S/C15H24ClN3/c1-12(2)3-5-14(19-9-7-17-8-10-19)13-4-6-15(16)18-11-13/h4,6,11-12,14,17H,3,5,7-10H2,1-2H3/t14-/m0/s1. The van der Waals surface area contributed by atoms with Gasteiger partial charge >= 0.3 is 0 Å². The van der Waals surface area contributed by atoms with Crippen LogP contribution in [0, 0.1) is 5.92 Å². The summed E-state index contributed by atoms with van der Waals surface area (Å²) in [5.41, 5.74) is 1.30. The molecule has 0 saturated carbocycles. The molecule has 1 aromatic rings. The van der Waals surface area contributed by atoms with Crippen LogP contribution in [0.3, 0.4) is 0 Å². The molecule has 106 valence electrons. The fourth-order valence-electron chi connectivity index (χ4n) is 2.63. The molecule has 1 fully saturated rings. The Morgan fingerprint density at radius 1 is 1.26 bits per heavy atom. The maximum absolute atomic E-state index is 5.89. The average Bonchev–Trinajstić information content (AvgIpc) is 2.42. The van der Waals surface area contributed by atoms with E-state index in [1.54, 1.807) is 0 Å². The molecule has 0 unspecified atom stereocenters. The van der Waals surface area contributed by atoms with Crippen molar-refractivity contribution >= 4 is 11.6 Å². The third-order valence-electron chi connectivity index (χ3n) is 3.74. The minimum atomic E-state index is 0.481. The normalized spacial score (nSPS) is 18.7. The van der Waals surface area contributed by atoms with Crippen LogP contribution in [0.15, 0.2) is 18.3 Å². The van der Waals surface area contributed by atoms with Crippen molar-refractivity contribution < 1.29 is 0 Å². The average molecular weight is 282 g/mol. The summed E-state index contributed by atoms with van der Waals surface area (Å²) < 4.78 is 0. The molecule has 3 nitrogen and oxygen atoms in total. The van der Waals surface area contributed by atoms with Crippen LogP contribution < -0.4 is 5.32 Å². The van der Waals surface area contributed by atoms with Crippen molar-refractivity contribution in [3.63, 3.8) is 0 Å². The lowest BCUT2D eigenvalue weighted by molar-refractivity contribution is 0.159. The molecule has 19 heavy (non-hydrogen) atoms. The first-order valence-corrected chi connectivity index (χ1v) is 7.61. The van der Waals surface area contributed by atoms with Gasteiger partial charge in [0.1, 0.15) is 5.15 Å². The molecule has 1 aliphatic heterocycles. The third kappa shape index (κ3) is 4.44. The zero-order chi connectivity index (χ0) is 13.7. The van der Waals surface area contributed by atoms with Gasteiger partial charge in [-0.15, -0.1) is 0 Å². The fraction of sp³-hybridized carbons (Fsp3) is 0.667. The Balaban J connectivity index is 2.10. The molecule has 2 rings (SSSR count). The van der Waals surface area contributed by atoms with Crippen LogP contribution in [0.5, 0.6) is 0 Å². The molecule has 0 bridgehead atoms. The number of pyridine rings is 1. The van der Waals surface area contributed by atoms with E-state index in [2.05, 4.69) is 35.1 Å².